The van der Waals surface area contributed by atoms with Crippen LogP contribution in [0.3, 0.4) is 0 Å². The third-order valence-electron chi connectivity index (χ3n) is 4.00. The van der Waals surface area contributed by atoms with Crippen molar-refractivity contribution in [2.75, 3.05) is 11.9 Å². The zero-order chi connectivity index (χ0) is 19.8. The molecule has 4 heterocycles. The third-order valence-corrected chi connectivity index (χ3v) is 6.01. The van der Waals surface area contributed by atoms with Crippen molar-refractivity contribution in [2.24, 2.45) is 7.05 Å². The van der Waals surface area contributed by atoms with E-state index in [-0.39, 0.29) is 12.5 Å². The Morgan fingerprint density at radius 3 is 2.89 bits per heavy atom. The normalized spacial score (nSPS) is 11.1. The second-order valence-corrected chi connectivity index (χ2v) is 8.76. The minimum absolute atomic E-state index is 0.167. The van der Waals surface area contributed by atoms with Gasteiger partial charge in [0.15, 0.2) is 17.4 Å². The van der Waals surface area contributed by atoms with E-state index in [1.165, 1.54) is 22.7 Å². The molecule has 0 bridgehead atoms. The molecule has 0 aliphatic carbocycles. The van der Waals surface area contributed by atoms with E-state index in [1.54, 1.807) is 11.7 Å². The van der Waals surface area contributed by atoms with Crippen LogP contribution in [0.5, 0.6) is 5.88 Å². The van der Waals surface area contributed by atoms with Crippen LogP contribution in [-0.4, -0.2) is 32.3 Å². The van der Waals surface area contributed by atoms with Crippen LogP contribution in [0.4, 0.5) is 5.13 Å². The minimum atomic E-state index is -0.304. The summed E-state index contributed by atoms with van der Waals surface area (Å²) in [6.07, 6.45) is 0. The summed E-state index contributed by atoms with van der Waals surface area (Å²) in [6, 6.07) is 5.69. The number of aryl methyl sites for hydroxylation is 3. The first kappa shape index (κ1) is 18.9. The van der Waals surface area contributed by atoms with Gasteiger partial charge in [-0.05, 0) is 37.6 Å². The van der Waals surface area contributed by atoms with Gasteiger partial charge in [-0.1, -0.05) is 11.6 Å². The lowest BCUT2D eigenvalue weighted by atomic mass is 10.2. The highest BCUT2D eigenvalue weighted by molar-refractivity contribution is 7.20. The standard InChI is InChI=1S/C18H16ClN5O2S2/c1-9-6-10(2)20-16-15(9)17(23-24(16)3)26-7-14(25)22-18-21-11(8-27-18)12-4-5-13(19)28-12/h4-6,8H,7H2,1-3H3,(H,21,22,25). The SMILES string of the molecule is Cc1cc(C)c2c(OCC(=O)Nc3nc(-c4ccc(Cl)s4)cs3)nn(C)c2n1. The topological polar surface area (TPSA) is 81.9 Å². The summed E-state index contributed by atoms with van der Waals surface area (Å²) in [7, 11) is 1.80. The van der Waals surface area contributed by atoms with Crippen LogP contribution in [-0.2, 0) is 11.8 Å². The molecular weight excluding hydrogens is 418 g/mol. The van der Waals surface area contributed by atoms with Crippen LogP contribution in [0.15, 0.2) is 23.6 Å². The average Bonchev–Trinajstić information content (AvgIpc) is 3.33. The van der Waals surface area contributed by atoms with Crippen LogP contribution < -0.4 is 10.1 Å². The van der Waals surface area contributed by atoms with Crippen molar-refractivity contribution in [1.29, 1.82) is 0 Å². The molecule has 7 nitrogen and oxygen atoms in total. The fourth-order valence-corrected chi connectivity index (χ4v) is 4.64. The number of hydrogen-bond acceptors (Lipinski definition) is 7. The molecule has 0 atom stereocenters. The summed E-state index contributed by atoms with van der Waals surface area (Å²) in [6.45, 7) is 3.73. The van der Waals surface area contributed by atoms with Crippen molar-refractivity contribution in [2.45, 2.75) is 13.8 Å². The number of hydrogen-bond donors (Lipinski definition) is 1. The van der Waals surface area contributed by atoms with Gasteiger partial charge in [-0.2, -0.15) is 0 Å². The van der Waals surface area contributed by atoms with Gasteiger partial charge in [-0.15, -0.1) is 27.8 Å². The number of nitrogens with one attached hydrogen (secondary N) is 1. The first-order chi connectivity index (χ1) is 13.4. The highest BCUT2D eigenvalue weighted by Gasteiger charge is 2.16. The van der Waals surface area contributed by atoms with Gasteiger partial charge in [-0.3, -0.25) is 10.1 Å². The van der Waals surface area contributed by atoms with Crippen molar-refractivity contribution in [3.05, 3.63) is 39.2 Å². The van der Waals surface area contributed by atoms with Crippen LogP contribution in [0, 0.1) is 13.8 Å². The first-order valence-corrected chi connectivity index (χ1v) is 10.4. The Morgan fingerprint density at radius 2 is 2.14 bits per heavy atom. The number of halogens is 1. The average molecular weight is 434 g/mol. The van der Waals surface area contributed by atoms with E-state index in [0.29, 0.717) is 15.3 Å². The lowest BCUT2D eigenvalue weighted by molar-refractivity contribution is -0.118. The quantitative estimate of drug-likeness (QED) is 0.503. The van der Waals surface area contributed by atoms with E-state index < -0.39 is 0 Å². The number of aromatic nitrogens is 4. The molecule has 0 spiro atoms. The Morgan fingerprint density at radius 1 is 1.32 bits per heavy atom. The predicted octanol–water partition coefficient (Wildman–Crippen LogP) is 4.44. The second-order valence-electron chi connectivity index (χ2n) is 6.19. The van der Waals surface area contributed by atoms with Crippen LogP contribution in [0.2, 0.25) is 4.34 Å². The molecule has 0 saturated heterocycles. The number of rotatable bonds is 5. The van der Waals surface area contributed by atoms with Crippen LogP contribution in [0.25, 0.3) is 21.6 Å². The number of fused-ring (bicyclic) bond motifs is 1. The van der Waals surface area contributed by atoms with Crippen molar-refractivity contribution in [1.82, 2.24) is 19.7 Å². The lowest BCUT2D eigenvalue weighted by Gasteiger charge is -2.04. The van der Waals surface area contributed by atoms with E-state index in [9.17, 15) is 4.79 Å². The fourth-order valence-electron chi connectivity index (χ4n) is 2.84. The maximum Gasteiger partial charge on any atom is 0.264 e. The second kappa shape index (κ2) is 7.50. The Labute approximate surface area is 174 Å². The van der Waals surface area contributed by atoms with Crippen molar-refractivity contribution < 1.29 is 9.53 Å². The number of carbonyl (C=O) groups excluding carboxylic acids is 1. The van der Waals surface area contributed by atoms with E-state index >= 15 is 0 Å². The number of thiophene rings is 1. The van der Waals surface area contributed by atoms with Gasteiger partial charge in [0.25, 0.3) is 5.91 Å². The van der Waals surface area contributed by atoms with Gasteiger partial charge in [0.1, 0.15) is 0 Å². The molecular formula is C18H16ClN5O2S2. The maximum atomic E-state index is 12.3. The molecule has 0 aliphatic rings. The molecule has 1 N–H and O–H groups in total. The number of ether oxygens (including phenoxy) is 1. The Balaban J connectivity index is 1.44. The third kappa shape index (κ3) is 3.73. The summed E-state index contributed by atoms with van der Waals surface area (Å²) in [5, 5.41) is 10.3. The number of carbonyl (C=O) groups is 1. The van der Waals surface area contributed by atoms with E-state index in [2.05, 4.69) is 20.4 Å². The highest BCUT2D eigenvalue weighted by atomic mass is 35.5. The summed E-state index contributed by atoms with van der Waals surface area (Å²) >= 11 is 8.75. The highest BCUT2D eigenvalue weighted by Crippen LogP contribution is 2.33. The molecule has 4 aromatic heterocycles. The van der Waals surface area contributed by atoms with Gasteiger partial charge in [0, 0.05) is 18.1 Å². The Hall–Kier alpha value is -2.49. The van der Waals surface area contributed by atoms with Gasteiger partial charge in [-0.25, -0.2) is 14.6 Å². The number of nitrogens with zero attached hydrogens (tertiary/aromatic N) is 4. The van der Waals surface area contributed by atoms with E-state index in [1.807, 2.05) is 37.4 Å². The van der Waals surface area contributed by atoms with E-state index in [0.717, 1.165) is 32.9 Å². The molecule has 0 aliphatic heterocycles. The van der Waals surface area contributed by atoms with Crippen molar-refractivity contribution in [3.63, 3.8) is 0 Å². The summed E-state index contributed by atoms with van der Waals surface area (Å²) in [5.41, 5.74) is 3.42. The first-order valence-electron chi connectivity index (χ1n) is 8.35. The largest absolute Gasteiger partial charge is 0.466 e. The molecule has 144 valence electrons. The van der Waals surface area contributed by atoms with E-state index in [4.69, 9.17) is 16.3 Å². The molecule has 0 fully saturated rings. The summed E-state index contributed by atoms with van der Waals surface area (Å²) in [5.74, 6) is 0.0901. The lowest BCUT2D eigenvalue weighted by Crippen LogP contribution is -2.20. The smallest absolute Gasteiger partial charge is 0.264 e. The Kier molecular flexibility index (Phi) is 5.05. The van der Waals surface area contributed by atoms with Crippen LogP contribution >= 0.6 is 34.3 Å². The predicted molar refractivity (Wildman–Crippen MR) is 113 cm³/mol. The molecule has 1 amide bonds. The van der Waals surface area contributed by atoms with Gasteiger partial charge >= 0.3 is 0 Å². The fraction of sp³-hybridized carbons (Fsp3) is 0.222. The molecule has 4 aromatic rings. The molecule has 28 heavy (non-hydrogen) atoms. The van der Waals surface area contributed by atoms with Crippen LogP contribution in [0.1, 0.15) is 11.3 Å². The maximum absolute atomic E-state index is 12.3. The zero-order valence-corrected chi connectivity index (χ0v) is 17.7. The Bertz CT molecular complexity index is 1180. The monoisotopic (exact) mass is 433 g/mol. The molecule has 0 unspecified atom stereocenters. The number of pyridine rings is 1. The summed E-state index contributed by atoms with van der Waals surface area (Å²) < 4.78 is 8.02. The summed E-state index contributed by atoms with van der Waals surface area (Å²) in [4.78, 5) is 22.1. The van der Waals surface area contributed by atoms with Gasteiger partial charge in [0.05, 0.1) is 20.3 Å². The molecule has 0 aromatic carbocycles. The number of amides is 1. The zero-order valence-electron chi connectivity index (χ0n) is 15.3. The van der Waals surface area contributed by atoms with Crippen molar-refractivity contribution in [3.8, 4) is 16.5 Å². The number of thiazole rings is 1. The number of anilines is 1. The minimum Gasteiger partial charge on any atom is -0.466 e. The molecule has 10 heteroatoms. The molecule has 4 rings (SSSR count). The van der Waals surface area contributed by atoms with Crippen molar-refractivity contribution >= 4 is 56.3 Å². The van der Waals surface area contributed by atoms with Gasteiger partial charge in [0.2, 0.25) is 5.88 Å². The molecule has 0 saturated carbocycles. The van der Waals surface area contributed by atoms with Gasteiger partial charge < -0.3 is 4.74 Å². The molecule has 0 radical (unpaired) electrons.